The molecule has 0 radical (unpaired) electrons. The highest BCUT2D eigenvalue weighted by atomic mass is 16.2. The van der Waals surface area contributed by atoms with Gasteiger partial charge >= 0.3 is 0 Å². The Labute approximate surface area is 123 Å². The first-order chi connectivity index (χ1) is 10.3. The van der Waals surface area contributed by atoms with E-state index in [0.717, 1.165) is 16.9 Å². The molecule has 0 aliphatic carbocycles. The summed E-state index contributed by atoms with van der Waals surface area (Å²) in [5, 5.41) is 15.1. The highest BCUT2D eigenvalue weighted by Crippen LogP contribution is 2.25. The van der Waals surface area contributed by atoms with Gasteiger partial charge in [-0.3, -0.25) is 4.79 Å². The van der Waals surface area contributed by atoms with Crippen LogP contribution in [0.2, 0.25) is 0 Å². The average molecular weight is 282 g/mol. The van der Waals surface area contributed by atoms with E-state index < -0.39 is 0 Å². The minimum Gasteiger partial charge on any atom is -0.396 e. The highest BCUT2D eigenvalue weighted by Gasteiger charge is 2.26. The first-order valence-corrected chi connectivity index (χ1v) is 7.11. The zero-order valence-electron chi connectivity index (χ0n) is 11.7. The van der Waals surface area contributed by atoms with E-state index in [-0.39, 0.29) is 18.6 Å². The molecule has 1 amide bonds. The summed E-state index contributed by atoms with van der Waals surface area (Å²) in [6.45, 7) is 0.135. The molecular weight excluding hydrogens is 264 g/mol. The van der Waals surface area contributed by atoms with Crippen LogP contribution in [0.15, 0.2) is 48.5 Å². The molecule has 0 fully saturated rings. The van der Waals surface area contributed by atoms with Crippen LogP contribution in [0.1, 0.15) is 11.1 Å². The molecule has 3 rings (SSSR count). The Balaban J connectivity index is 1.62. The van der Waals surface area contributed by atoms with E-state index in [2.05, 4.69) is 10.6 Å². The predicted octanol–water partition coefficient (Wildman–Crippen LogP) is 2.20. The number of aliphatic hydroxyl groups excluding tert-OH is 1. The zero-order valence-corrected chi connectivity index (χ0v) is 11.7. The van der Waals surface area contributed by atoms with Crippen molar-refractivity contribution in [2.75, 3.05) is 17.2 Å². The van der Waals surface area contributed by atoms with Gasteiger partial charge in [-0.1, -0.05) is 30.3 Å². The lowest BCUT2D eigenvalue weighted by molar-refractivity contribution is -0.116. The molecular formula is C17H18N2O2. The van der Waals surface area contributed by atoms with Crippen LogP contribution in [0.25, 0.3) is 0 Å². The van der Waals surface area contributed by atoms with Gasteiger partial charge in [0.2, 0.25) is 5.91 Å². The summed E-state index contributed by atoms with van der Waals surface area (Å²) in [7, 11) is 0. The van der Waals surface area contributed by atoms with Gasteiger partial charge in [0.05, 0.1) is 0 Å². The molecule has 1 aliphatic heterocycles. The van der Waals surface area contributed by atoms with Crippen molar-refractivity contribution in [1.29, 1.82) is 0 Å². The van der Waals surface area contributed by atoms with Crippen LogP contribution in [0.4, 0.5) is 11.4 Å². The fraction of sp³-hybridized carbons (Fsp3) is 0.235. The maximum absolute atomic E-state index is 12.3. The Hall–Kier alpha value is -2.33. The molecule has 2 aromatic carbocycles. The molecule has 0 saturated carbocycles. The largest absolute Gasteiger partial charge is 0.396 e. The molecule has 0 spiro atoms. The predicted molar refractivity (Wildman–Crippen MR) is 83.4 cm³/mol. The van der Waals surface area contributed by atoms with E-state index in [4.69, 9.17) is 5.11 Å². The van der Waals surface area contributed by atoms with Crippen molar-refractivity contribution < 1.29 is 9.90 Å². The third-order valence-electron chi connectivity index (χ3n) is 3.71. The molecule has 0 bridgehead atoms. The topological polar surface area (TPSA) is 61.4 Å². The monoisotopic (exact) mass is 282 g/mol. The van der Waals surface area contributed by atoms with Crippen LogP contribution in [-0.4, -0.2) is 23.7 Å². The van der Waals surface area contributed by atoms with Gasteiger partial charge in [0.25, 0.3) is 0 Å². The fourth-order valence-corrected chi connectivity index (χ4v) is 2.57. The second-order valence-corrected chi connectivity index (χ2v) is 5.22. The van der Waals surface area contributed by atoms with E-state index in [1.807, 2.05) is 48.5 Å². The van der Waals surface area contributed by atoms with Crippen LogP contribution in [0.3, 0.4) is 0 Å². The van der Waals surface area contributed by atoms with Crippen LogP contribution in [-0.2, 0) is 17.6 Å². The maximum atomic E-state index is 12.3. The Morgan fingerprint density at radius 3 is 2.67 bits per heavy atom. The Morgan fingerprint density at radius 1 is 1.19 bits per heavy atom. The van der Waals surface area contributed by atoms with E-state index in [9.17, 15) is 4.79 Å². The van der Waals surface area contributed by atoms with Gasteiger partial charge in [-0.25, -0.2) is 0 Å². The summed E-state index contributed by atoms with van der Waals surface area (Å²) in [6, 6.07) is 15.3. The normalized spacial score (nSPS) is 16.1. The SMILES string of the molecule is O=C(Nc1ccc(CCO)cc1)[C@@H]1Cc2ccccc2N1. The molecule has 1 aliphatic rings. The molecule has 1 atom stereocenters. The number of para-hydroxylation sites is 1. The standard InChI is InChI=1S/C17H18N2O2/c20-10-9-12-5-7-14(8-6-12)18-17(21)16-11-13-3-1-2-4-15(13)19-16/h1-8,16,19-20H,9-11H2,(H,18,21)/t16-/m0/s1. The van der Waals surface area contributed by atoms with Gasteiger partial charge in [0.15, 0.2) is 0 Å². The number of fused-ring (bicyclic) bond motifs is 1. The summed E-state index contributed by atoms with van der Waals surface area (Å²) in [5.74, 6) is -0.0268. The first kappa shape index (κ1) is 13.6. The number of benzene rings is 2. The Kier molecular flexibility index (Phi) is 3.88. The van der Waals surface area contributed by atoms with Crippen molar-refractivity contribution >= 4 is 17.3 Å². The Morgan fingerprint density at radius 2 is 1.95 bits per heavy atom. The second kappa shape index (κ2) is 5.97. The number of nitrogens with one attached hydrogen (secondary N) is 2. The van der Waals surface area contributed by atoms with Gasteiger partial charge < -0.3 is 15.7 Å². The molecule has 0 unspecified atom stereocenters. The number of carbonyl (C=O) groups is 1. The number of hydrogen-bond donors (Lipinski definition) is 3. The maximum Gasteiger partial charge on any atom is 0.247 e. The van der Waals surface area contributed by atoms with Crippen LogP contribution < -0.4 is 10.6 Å². The number of amides is 1. The van der Waals surface area contributed by atoms with Gasteiger partial charge in [0, 0.05) is 24.4 Å². The highest BCUT2D eigenvalue weighted by molar-refractivity contribution is 5.98. The second-order valence-electron chi connectivity index (χ2n) is 5.22. The molecule has 0 aromatic heterocycles. The third-order valence-corrected chi connectivity index (χ3v) is 3.71. The lowest BCUT2D eigenvalue weighted by atomic mass is 10.1. The van der Waals surface area contributed by atoms with Crippen molar-refractivity contribution in [3.05, 3.63) is 59.7 Å². The van der Waals surface area contributed by atoms with Crippen LogP contribution >= 0.6 is 0 Å². The van der Waals surface area contributed by atoms with E-state index in [0.29, 0.717) is 12.8 Å². The van der Waals surface area contributed by atoms with Gasteiger partial charge in [-0.15, -0.1) is 0 Å². The van der Waals surface area contributed by atoms with Crippen LogP contribution in [0, 0.1) is 0 Å². The molecule has 2 aromatic rings. The lowest BCUT2D eigenvalue weighted by Crippen LogP contribution is -2.32. The van der Waals surface area contributed by atoms with E-state index in [1.54, 1.807) is 0 Å². The summed E-state index contributed by atoms with van der Waals surface area (Å²) in [5.41, 5.74) is 4.05. The Bertz CT molecular complexity index is 612. The molecule has 108 valence electrons. The van der Waals surface area contributed by atoms with Crippen molar-refractivity contribution in [3.63, 3.8) is 0 Å². The minimum absolute atomic E-state index is 0.0268. The smallest absolute Gasteiger partial charge is 0.247 e. The third kappa shape index (κ3) is 3.06. The molecule has 4 heteroatoms. The molecule has 1 heterocycles. The zero-order chi connectivity index (χ0) is 14.7. The molecule has 0 saturated heterocycles. The van der Waals surface area contributed by atoms with Crippen molar-refractivity contribution in [2.24, 2.45) is 0 Å². The quantitative estimate of drug-likeness (QED) is 0.805. The van der Waals surface area contributed by atoms with Gasteiger partial charge in [0.1, 0.15) is 6.04 Å². The number of hydrogen-bond acceptors (Lipinski definition) is 3. The fourth-order valence-electron chi connectivity index (χ4n) is 2.57. The summed E-state index contributed by atoms with van der Waals surface area (Å²) in [6.07, 6.45) is 1.35. The van der Waals surface area contributed by atoms with E-state index in [1.165, 1.54) is 5.56 Å². The van der Waals surface area contributed by atoms with Gasteiger partial charge in [-0.05, 0) is 35.7 Å². The summed E-state index contributed by atoms with van der Waals surface area (Å²) < 4.78 is 0. The van der Waals surface area contributed by atoms with Crippen molar-refractivity contribution in [2.45, 2.75) is 18.9 Å². The molecule has 3 N–H and O–H groups in total. The van der Waals surface area contributed by atoms with Crippen LogP contribution in [0.5, 0.6) is 0 Å². The number of aliphatic hydroxyl groups is 1. The molecule has 21 heavy (non-hydrogen) atoms. The number of anilines is 2. The number of rotatable bonds is 4. The first-order valence-electron chi connectivity index (χ1n) is 7.11. The van der Waals surface area contributed by atoms with Crippen molar-refractivity contribution in [3.8, 4) is 0 Å². The number of carbonyl (C=O) groups excluding carboxylic acids is 1. The van der Waals surface area contributed by atoms with Gasteiger partial charge in [-0.2, -0.15) is 0 Å². The minimum atomic E-state index is -0.223. The summed E-state index contributed by atoms with van der Waals surface area (Å²) in [4.78, 5) is 12.3. The summed E-state index contributed by atoms with van der Waals surface area (Å²) >= 11 is 0. The average Bonchev–Trinajstić information content (AvgIpc) is 2.94. The van der Waals surface area contributed by atoms with Crippen molar-refractivity contribution in [1.82, 2.24) is 0 Å². The molecule has 4 nitrogen and oxygen atoms in total. The lowest BCUT2D eigenvalue weighted by Gasteiger charge is -2.12. The van der Waals surface area contributed by atoms with E-state index >= 15 is 0 Å².